The number of nitro benzene ring substituents is 1. The van der Waals surface area contributed by atoms with E-state index in [1.54, 1.807) is 18.2 Å². The highest BCUT2D eigenvalue weighted by Crippen LogP contribution is 2.33. The molecule has 1 aromatic heterocycles. The molecule has 3 N–H and O–H groups in total. The number of fused-ring (bicyclic) bond motifs is 1. The number of hydrogen-bond acceptors (Lipinski definition) is 9. The maximum absolute atomic E-state index is 13.2. The van der Waals surface area contributed by atoms with Gasteiger partial charge in [0.2, 0.25) is 5.89 Å². The molecule has 12 heteroatoms. The molecule has 194 valence electrons. The number of aryl methyl sites for hydroxylation is 1. The van der Waals surface area contributed by atoms with Gasteiger partial charge in [0.05, 0.1) is 35.0 Å². The van der Waals surface area contributed by atoms with Gasteiger partial charge in [-0.15, -0.1) is 0 Å². The Balaban J connectivity index is 1.36. The number of phenolic OH excluding ortho intramolecular Hbond substituents is 1. The third kappa shape index (κ3) is 5.26. The molecule has 0 saturated carbocycles. The minimum absolute atomic E-state index is 0.0285. The molecule has 3 aromatic carbocycles. The number of morpholine rings is 1. The highest BCUT2D eigenvalue weighted by molar-refractivity contribution is 7.80. The van der Waals surface area contributed by atoms with E-state index in [9.17, 15) is 20.0 Å². The molecule has 4 aromatic rings. The molecule has 1 amide bonds. The number of phenols is 1. The Morgan fingerprint density at radius 3 is 2.68 bits per heavy atom. The topological polar surface area (TPSA) is 143 Å². The van der Waals surface area contributed by atoms with Gasteiger partial charge in [0, 0.05) is 30.9 Å². The predicted molar refractivity (Wildman–Crippen MR) is 146 cm³/mol. The number of rotatable bonds is 5. The molecule has 0 radical (unpaired) electrons. The number of benzene rings is 3. The van der Waals surface area contributed by atoms with Crippen molar-refractivity contribution in [2.45, 2.75) is 6.92 Å². The van der Waals surface area contributed by atoms with Crippen molar-refractivity contribution in [3.63, 3.8) is 0 Å². The van der Waals surface area contributed by atoms with Crippen LogP contribution in [0.1, 0.15) is 15.9 Å². The van der Waals surface area contributed by atoms with Crippen molar-refractivity contribution in [1.82, 2.24) is 10.3 Å². The fourth-order valence-electron chi connectivity index (χ4n) is 4.16. The summed E-state index contributed by atoms with van der Waals surface area (Å²) in [5.74, 6) is -0.407. The van der Waals surface area contributed by atoms with Crippen LogP contribution in [0.2, 0.25) is 0 Å². The average molecular weight is 534 g/mol. The molecule has 1 aliphatic heterocycles. The first kappa shape index (κ1) is 25.1. The number of thiocarbonyl (C=S) groups is 1. The summed E-state index contributed by atoms with van der Waals surface area (Å²) in [7, 11) is 0. The maximum Gasteiger partial charge on any atom is 0.270 e. The van der Waals surface area contributed by atoms with Gasteiger partial charge >= 0.3 is 0 Å². The number of nitro groups is 1. The number of carbonyl (C=O) groups is 1. The number of nitrogens with one attached hydrogen (secondary N) is 2. The summed E-state index contributed by atoms with van der Waals surface area (Å²) < 4.78 is 11.2. The molecule has 5 rings (SSSR count). The van der Waals surface area contributed by atoms with E-state index in [0.717, 1.165) is 5.56 Å². The number of carbonyl (C=O) groups excluding carboxylic acids is 1. The van der Waals surface area contributed by atoms with Crippen LogP contribution in [0.5, 0.6) is 5.75 Å². The number of non-ortho nitro benzene ring substituents is 1. The fourth-order valence-corrected chi connectivity index (χ4v) is 4.37. The fraction of sp³-hybridized carbons (Fsp3) is 0.192. The minimum atomic E-state index is -0.596. The van der Waals surface area contributed by atoms with Gasteiger partial charge in [-0.05, 0) is 61.1 Å². The lowest BCUT2D eigenvalue weighted by Crippen LogP contribution is -2.39. The SMILES string of the molecule is Cc1ccc2nc(-c3cc(NC(=S)NC(=O)c4cc([N+](=O)[O-])ccc4N4CCOCC4)ccc3O)oc2c1. The standard InChI is InChI=1S/C26H23N5O6S/c1-15-2-5-20-23(12-15)37-25(28-20)19-13-16(3-7-22(19)32)27-26(38)29-24(33)18-14-17(31(34)35)4-6-21(18)30-8-10-36-11-9-30/h2-7,12-14,32H,8-11H2,1H3,(H2,27,29,33,38). The summed E-state index contributed by atoms with van der Waals surface area (Å²) in [5.41, 5.74) is 3.54. The van der Waals surface area contributed by atoms with Crippen LogP contribution in [0.4, 0.5) is 17.1 Å². The molecule has 38 heavy (non-hydrogen) atoms. The van der Waals surface area contributed by atoms with Gasteiger partial charge < -0.3 is 24.5 Å². The van der Waals surface area contributed by atoms with Crippen LogP contribution in [-0.4, -0.2) is 52.3 Å². The molecule has 0 unspecified atom stereocenters. The van der Waals surface area contributed by atoms with Crippen molar-refractivity contribution in [1.29, 1.82) is 0 Å². The van der Waals surface area contributed by atoms with Crippen molar-refractivity contribution in [3.05, 3.63) is 75.8 Å². The highest BCUT2D eigenvalue weighted by Gasteiger charge is 2.23. The second kappa shape index (κ2) is 10.4. The van der Waals surface area contributed by atoms with Crippen LogP contribution in [-0.2, 0) is 4.74 Å². The van der Waals surface area contributed by atoms with E-state index >= 15 is 0 Å². The van der Waals surface area contributed by atoms with Crippen LogP contribution >= 0.6 is 12.2 Å². The maximum atomic E-state index is 13.2. The Kier molecular flexibility index (Phi) is 6.90. The van der Waals surface area contributed by atoms with E-state index in [-0.39, 0.29) is 28.0 Å². The monoisotopic (exact) mass is 533 g/mol. The second-order valence-electron chi connectivity index (χ2n) is 8.69. The molecular formula is C26H23N5O6S. The Morgan fingerprint density at radius 2 is 1.92 bits per heavy atom. The Morgan fingerprint density at radius 1 is 1.13 bits per heavy atom. The van der Waals surface area contributed by atoms with Gasteiger partial charge in [-0.3, -0.25) is 20.2 Å². The molecular weight excluding hydrogens is 510 g/mol. The summed E-state index contributed by atoms with van der Waals surface area (Å²) in [6.45, 7) is 4.01. The number of ether oxygens (including phenoxy) is 1. The summed E-state index contributed by atoms with van der Waals surface area (Å²) >= 11 is 5.34. The molecule has 0 atom stereocenters. The van der Waals surface area contributed by atoms with Crippen molar-refractivity contribution in [2.75, 3.05) is 36.5 Å². The Bertz CT molecular complexity index is 1560. The van der Waals surface area contributed by atoms with E-state index < -0.39 is 10.8 Å². The Labute approximate surface area is 222 Å². The summed E-state index contributed by atoms with van der Waals surface area (Å²) in [5, 5.41) is 27.2. The molecule has 2 heterocycles. The first-order chi connectivity index (χ1) is 18.3. The third-order valence-electron chi connectivity index (χ3n) is 6.04. The number of oxazole rings is 1. The highest BCUT2D eigenvalue weighted by atomic mass is 32.1. The lowest BCUT2D eigenvalue weighted by atomic mass is 10.1. The van der Waals surface area contributed by atoms with Crippen LogP contribution in [0.25, 0.3) is 22.6 Å². The summed E-state index contributed by atoms with van der Waals surface area (Å²) in [6.07, 6.45) is 0. The summed E-state index contributed by atoms with van der Waals surface area (Å²) in [4.78, 5) is 30.3. The number of aromatic nitrogens is 1. The number of nitrogens with zero attached hydrogens (tertiary/aromatic N) is 3. The number of amides is 1. The molecule has 1 saturated heterocycles. The van der Waals surface area contributed by atoms with Crippen LogP contribution in [0, 0.1) is 17.0 Å². The quantitative estimate of drug-likeness (QED) is 0.146. The van der Waals surface area contributed by atoms with Gasteiger partial charge in [-0.1, -0.05) is 6.07 Å². The normalized spacial score (nSPS) is 13.3. The van der Waals surface area contributed by atoms with Crippen molar-refractivity contribution in [3.8, 4) is 17.2 Å². The van der Waals surface area contributed by atoms with Crippen LogP contribution in [0.15, 0.2) is 59.0 Å². The van der Waals surface area contributed by atoms with E-state index in [4.69, 9.17) is 21.4 Å². The third-order valence-corrected chi connectivity index (χ3v) is 6.25. The lowest BCUT2D eigenvalue weighted by molar-refractivity contribution is -0.384. The molecule has 1 fully saturated rings. The smallest absolute Gasteiger partial charge is 0.270 e. The number of hydrogen-bond donors (Lipinski definition) is 3. The van der Waals surface area contributed by atoms with E-state index in [2.05, 4.69) is 15.6 Å². The second-order valence-corrected chi connectivity index (χ2v) is 9.10. The van der Waals surface area contributed by atoms with Crippen LogP contribution < -0.4 is 15.5 Å². The molecule has 11 nitrogen and oxygen atoms in total. The molecule has 0 aliphatic carbocycles. The van der Waals surface area contributed by atoms with Gasteiger partial charge in [0.1, 0.15) is 11.3 Å². The summed E-state index contributed by atoms with van der Waals surface area (Å²) in [6, 6.07) is 14.4. The minimum Gasteiger partial charge on any atom is -0.507 e. The van der Waals surface area contributed by atoms with Crippen molar-refractivity contribution < 1.29 is 24.0 Å². The van der Waals surface area contributed by atoms with Crippen LogP contribution in [0.3, 0.4) is 0 Å². The first-order valence-electron chi connectivity index (χ1n) is 11.7. The van der Waals surface area contributed by atoms with Crippen molar-refractivity contribution >= 4 is 51.4 Å². The average Bonchev–Trinajstić information content (AvgIpc) is 3.32. The van der Waals surface area contributed by atoms with Gasteiger partial charge in [-0.25, -0.2) is 4.98 Å². The predicted octanol–water partition coefficient (Wildman–Crippen LogP) is 4.38. The molecule has 0 bridgehead atoms. The largest absolute Gasteiger partial charge is 0.507 e. The zero-order valence-electron chi connectivity index (χ0n) is 20.3. The van der Waals surface area contributed by atoms with E-state index in [1.165, 1.54) is 18.2 Å². The van der Waals surface area contributed by atoms with Gasteiger partial charge in [-0.2, -0.15) is 0 Å². The number of anilines is 2. The first-order valence-corrected chi connectivity index (χ1v) is 12.1. The zero-order valence-corrected chi connectivity index (χ0v) is 21.1. The molecule has 1 aliphatic rings. The van der Waals surface area contributed by atoms with Gasteiger partial charge in [0.15, 0.2) is 10.7 Å². The van der Waals surface area contributed by atoms with E-state index in [0.29, 0.717) is 54.3 Å². The van der Waals surface area contributed by atoms with Crippen molar-refractivity contribution in [2.24, 2.45) is 0 Å². The zero-order chi connectivity index (χ0) is 26.8. The van der Waals surface area contributed by atoms with Gasteiger partial charge in [0.25, 0.3) is 11.6 Å². The number of aromatic hydroxyl groups is 1. The Hall–Kier alpha value is -4.55. The van der Waals surface area contributed by atoms with E-state index in [1.807, 2.05) is 30.0 Å². The lowest BCUT2D eigenvalue weighted by Gasteiger charge is -2.30. The molecule has 0 spiro atoms.